The number of aromatic hydroxyl groups is 1. The summed E-state index contributed by atoms with van der Waals surface area (Å²) in [7, 11) is 8.42. The predicted octanol–water partition coefficient (Wildman–Crippen LogP) is 3.22. The Kier molecular flexibility index (Phi) is 5.81. The molecule has 0 saturated carbocycles. The molecule has 0 bridgehead atoms. The molecule has 1 N–H and O–H groups in total. The van der Waals surface area contributed by atoms with Crippen molar-refractivity contribution < 1.29 is 37.9 Å². The topological polar surface area (TPSA) is 106 Å². The van der Waals surface area contributed by atoms with Gasteiger partial charge in [0.1, 0.15) is 5.39 Å². The molecule has 0 fully saturated rings. The minimum absolute atomic E-state index is 0.0605. The fourth-order valence-electron chi connectivity index (χ4n) is 3.27. The maximum Gasteiger partial charge on any atom is 0.239 e. The minimum Gasteiger partial charge on any atom is -0.504 e. The highest BCUT2D eigenvalue weighted by Gasteiger charge is 2.30. The Bertz CT molecular complexity index is 1150. The van der Waals surface area contributed by atoms with Crippen LogP contribution in [0.15, 0.2) is 27.4 Å². The highest BCUT2D eigenvalue weighted by molar-refractivity contribution is 5.97. The van der Waals surface area contributed by atoms with Crippen LogP contribution >= 0.6 is 0 Å². The molecule has 0 amide bonds. The molecule has 2 aromatic carbocycles. The zero-order chi connectivity index (χ0) is 22.0. The number of fused-ring (bicyclic) bond motifs is 1. The first kappa shape index (κ1) is 21.0. The maximum absolute atomic E-state index is 13.4. The van der Waals surface area contributed by atoms with Gasteiger partial charge in [0.25, 0.3) is 0 Å². The average molecular weight is 418 g/mol. The number of phenols is 1. The van der Waals surface area contributed by atoms with Crippen LogP contribution in [0.5, 0.6) is 40.2 Å². The normalized spacial score (nSPS) is 10.6. The lowest BCUT2D eigenvalue weighted by molar-refractivity contribution is 0.306. The maximum atomic E-state index is 13.4. The molecule has 0 radical (unpaired) electrons. The van der Waals surface area contributed by atoms with Crippen molar-refractivity contribution in [3.05, 3.63) is 28.4 Å². The zero-order valence-electron chi connectivity index (χ0n) is 17.4. The Labute approximate surface area is 172 Å². The number of methoxy groups -OCH3 is 6. The van der Waals surface area contributed by atoms with Gasteiger partial charge in [-0.25, -0.2) is 0 Å². The van der Waals surface area contributed by atoms with Crippen LogP contribution in [0.25, 0.3) is 22.3 Å². The van der Waals surface area contributed by atoms with E-state index >= 15 is 0 Å². The smallest absolute Gasteiger partial charge is 0.239 e. The van der Waals surface area contributed by atoms with Crippen molar-refractivity contribution in [2.45, 2.75) is 0 Å². The van der Waals surface area contributed by atoms with E-state index in [0.717, 1.165) is 0 Å². The second kappa shape index (κ2) is 8.32. The molecule has 1 aromatic heterocycles. The van der Waals surface area contributed by atoms with E-state index in [1.165, 1.54) is 48.7 Å². The zero-order valence-corrected chi connectivity index (χ0v) is 17.4. The number of ether oxygens (including phenoxy) is 6. The SMILES string of the molecule is COc1ccc(-c2oc3c(OC)c(OC)c(OC)c(OC)c3c(=O)c2OC)cc1O. The van der Waals surface area contributed by atoms with Crippen LogP contribution in [0, 0.1) is 0 Å². The summed E-state index contributed by atoms with van der Waals surface area (Å²) in [5.74, 6) is 0.767. The summed E-state index contributed by atoms with van der Waals surface area (Å²) in [6.07, 6.45) is 0. The molecule has 3 aromatic rings. The molecule has 9 heteroatoms. The van der Waals surface area contributed by atoms with E-state index in [0.29, 0.717) is 5.56 Å². The van der Waals surface area contributed by atoms with Gasteiger partial charge < -0.3 is 37.9 Å². The van der Waals surface area contributed by atoms with Crippen molar-refractivity contribution in [2.75, 3.05) is 42.7 Å². The molecule has 0 spiro atoms. The fraction of sp³-hybridized carbons (Fsp3) is 0.286. The van der Waals surface area contributed by atoms with Gasteiger partial charge >= 0.3 is 0 Å². The van der Waals surface area contributed by atoms with E-state index < -0.39 is 5.43 Å². The van der Waals surface area contributed by atoms with Crippen LogP contribution in [0.3, 0.4) is 0 Å². The van der Waals surface area contributed by atoms with Gasteiger partial charge in [0.2, 0.25) is 28.4 Å². The van der Waals surface area contributed by atoms with E-state index in [1.807, 2.05) is 0 Å². The largest absolute Gasteiger partial charge is 0.504 e. The summed E-state index contributed by atoms with van der Waals surface area (Å²) in [6, 6.07) is 4.56. The monoisotopic (exact) mass is 418 g/mol. The Morgan fingerprint density at radius 1 is 0.733 bits per heavy atom. The molecule has 9 nitrogen and oxygen atoms in total. The molecule has 0 saturated heterocycles. The summed E-state index contributed by atoms with van der Waals surface area (Å²) in [6.45, 7) is 0. The second-order valence-electron chi connectivity index (χ2n) is 6.02. The number of hydrogen-bond acceptors (Lipinski definition) is 9. The van der Waals surface area contributed by atoms with Crippen molar-refractivity contribution in [3.63, 3.8) is 0 Å². The highest BCUT2D eigenvalue weighted by atomic mass is 16.5. The van der Waals surface area contributed by atoms with E-state index in [-0.39, 0.29) is 57.0 Å². The van der Waals surface area contributed by atoms with Gasteiger partial charge in [0.05, 0.1) is 42.7 Å². The molecule has 0 atom stereocenters. The molecular formula is C21H22O9. The molecule has 30 heavy (non-hydrogen) atoms. The summed E-state index contributed by atoms with van der Waals surface area (Å²) in [5.41, 5.74) is -0.0526. The van der Waals surface area contributed by atoms with Crippen molar-refractivity contribution in [1.82, 2.24) is 0 Å². The van der Waals surface area contributed by atoms with Crippen LogP contribution in [-0.4, -0.2) is 47.8 Å². The third kappa shape index (κ3) is 3.08. The number of rotatable bonds is 7. The van der Waals surface area contributed by atoms with Gasteiger partial charge in [-0.15, -0.1) is 0 Å². The minimum atomic E-state index is -0.514. The van der Waals surface area contributed by atoms with Crippen molar-refractivity contribution >= 4 is 11.0 Å². The van der Waals surface area contributed by atoms with E-state index in [2.05, 4.69) is 0 Å². The van der Waals surface area contributed by atoms with Crippen LogP contribution in [-0.2, 0) is 0 Å². The summed E-state index contributed by atoms with van der Waals surface area (Å²) >= 11 is 0. The average Bonchev–Trinajstić information content (AvgIpc) is 2.76. The van der Waals surface area contributed by atoms with Gasteiger partial charge in [0, 0.05) is 5.56 Å². The predicted molar refractivity (Wildman–Crippen MR) is 109 cm³/mol. The summed E-state index contributed by atoms with van der Waals surface area (Å²) in [5, 5.41) is 10.2. The van der Waals surface area contributed by atoms with Crippen molar-refractivity contribution in [3.8, 4) is 51.6 Å². The Hall–Kier alpha value is -3.75. The standard InChI is InChI=1S/C21H22O9/c1-24-12-8-7-10(9-11(12)22)15-18(26-3)14(23)13-16(25-2)19(27-4)21(29-6)20(28-5)17(13)30-15/h7-9,22H,1-6H3. The second-order valence-corrected chi connectivity index (χ2v) is 6.02. The molecule has 0 aliphatic carbocycles. The van der Waals surface area contributed by atoms with Crippen LogP contribution in [0.1, 0.15) is 0 Å². The first-order valence-electron chi connectivity index (χ1n) is 8.75. The summed E-state index contributed by atoms with van der Waals surface area (Å²) in [4.78, 5) is 13.4. The molecule has 0 unspecified atom stereocenters. The lowest BCUT2D eigenvalue weighted by atomic mass is 10.1. The quantitative estimate of drug-likeness (QED) is 0.619. The Balaban J connectivity index is 2.51. The lowest BCUT2D eigenvalue weighted by Crippen LogP contribution is -2.11. The van der Waals surface area contributed by atoms with Gasteiger partial charge in [-0.2, -0.15) is 0 Å². The Morgan fingerprint density at radius 3 is 1.80 bits per heavy atom. The highest BCUT2D eigenvalue weighted by Crippen LogP contribution is 2.51. The van der Waals surface area contributed by atoms with Crippen LogP contribution in [0.4, 0.5) is 0 Å². The molecule has 1 heterocycles. The van der Waals surface area contributed by atoms with E-state index in [9.17, 15) is 9.90 Å². The molecule has 160 valence electrons. The molecule has 3 rings (SSSR count). The molecule has 0 aliphatic heterocycles. The van der Waals surface area contributed by atoms with Gasteiger partial charge in [0.15, 0.2) is 28.6 Å². The van der Waals surface area contributed by atoms with E-state index in [4.69, 9.17) is 32.8 Å². The van der Waals surface area contributed by atoms with Gasteiger partial charge in [-0.3, -0.25) is 4.79 Å². The molecule has 0 aliphatic rings. The summed E-state index contributed by atoms with van der Waals surface area (Å²) < 4.78 is 38.2. The van der Waals surface area contributed by atoms with Crippen LogP contribution < -0.4 is 33.8 Å². The van der Waals surface area contributed by atoms with Gasteiger partial charge in [-0.1, -0.05) is 0 Å². The van der Waals surface area contributed by atoms with Crippen molar-refractivity contribution in [2.24, 2.45) is 0 Å². The Morgan fingerprint density at radius 2 is 1.30 bits per heavy atom. The molecular weight excluding hydrogens is 396 g/mol. The number of phenolic OH excluding ortho intramolecular Hbond substituents is 1. The van der Waals surface area contributed by atoms with E-state index in [1.54, 1.807) is 12.1 Å². The first-order valence-corrected chi connectivity index (χ1v) is 8.75. The fourth-order valence-corrected chi connectivity index (χ4v) is 3.27. The van der Waals surface area contributed by atoms with Crippen LogP contribution in [0.2, 0.25) is 0 Å². The number of hydrogen-bond donors (Lipinski definition) is 1. The third-order valence-electron chi connectivity index (χ3n) is 4.58. The lowest BCUT2D eigenvalue weighted by Gasteiger charge is -2.19. The first-order chi connectivity index (χ1) is 14.5. The number of benzene rings is 2. The third-order valence-corrected chi connectivity index (χ3v) is 4.58. The van der Waals surface area contributed by atoms with Gasteiger partial charge in [-0.05, 0) is 18.2 Å². The van der Waals surface area contributed by atoms with Crippen molar-refractivity contribution in [1.29, 1.82) is 0 Å².